The lowest BCUT2D eigenvalue weighted by molar-refractivity contribution is -0.149. The second kappa shape index (κ2) is 15.8. The minimum atomic E-state index is -3.86. The fourth-order valence-electron chi connectivity index (χ4n) is 6.09. The summed E-state index contributed by atoms with van der Waals surface area (Å²) in [5.74, 6) is 0.421. The molecule has 0 atom stereocenters. The van der Waals surface area contributed by atoms with Crippen molar-refractivity contribution in [2.24, 2.45) is 5.92 Å². The molecule has 0 bridgehead atoms. The highest BCUT2D eigenvalue weighted by Gasteiger charge is 2.34. The maximum atomic E-state index is 13.8. The first-order chi connectivity index (χ1) is 24.6. The molecular weight excluding hydrogens is 709 g/mol. The number of aromatic nitrogens is 2. The number of thioether (sulfide) groups is 1. The number of sulfonamides is 1. The SMILES string of the molecule is CCOC(=O)C1CCN(S(=O)(=O)c2cccc(-c3nn(-c4ccccc4)cc3/C=C3\SC(=S)N(CCc4ccc(OC)c(OC)c4)C3=O)c2)CC1. The Labute approximate surface area is 307 Å². The number of hydrogen-bond donors (Lipinski definition) is 0. The third kappa shape index (κ3) is 7.88. The molecule has 4 aromatic rings. The second-order valence-electron chi connectivity index (χ2n) is 11.9. The van der Waals surface area contributed by atoms with E-state index in [1.165, 1.54) is 16.1 Å². The number of nitrogens with zero attached hydrogens (tertiary/aromatic N) is 4. The highest BCUT2D eigenvalue weighted by Crippen LogP contribution is 2.36. The third-order valence-electron chi connectivity index (χ3n) is 8.81. The van der Waals surface area contributed by atoms with E-state index in [1.807, 2.05) is 54.7 Å². The van der Waals surface area contributed by atoms with Crippen LogP contribution in [0.3, 0.4) is 0 Å². The zero-order valence-electron chi connectivity index (χ0n) is 28.5. The molecule has 51 heavy (non-hydrogen) atoms. The Morgan fingerprint density at radius 3 is 2.45 bits per heavy atom. The number of benzene rings is 3. The molecule has 1 amide bonds. The molecule has 2 saturated heterocycles. The maximum absolute atomic E-state index is 13.8. The van der Waals surface area contributed by atoms with Crippen LogP contribution in [0.4, 0.5) is 0 Å². The molecule has 0 N–H and O–H groups in total. The monoisotopic (exact) mass is 746 g/mol. The van der Waals surface area contributed by atoms with Crippen LogP contribution in [0.1, 0.15) is 30.9 Å². The topological polar surface area (TPSA) is 120 Å². The maximum Gasteiger partial charge on any atom is 0.309 e. The van der Waals surface area contributed by atoms with Gasteiger partial charge in [-0.25, -0.2) is 13.1 Å². The van der Waals surface area contributed by atoms with Gasteiger partial charge in [0.1, 0.15) is 10.0 Å². The number of methoxy groups -OCH3 is 2. The highest BCUT2D eigenvalue weighted by molar-refractivity contribution is 8.26. The lowest BCUT2D eigenvalue weighted by Crippen LogP contribution is -2.40. The molecule has 3 aromatic carbocycles. The lowest BCUT2D eigenvalue weighted by atomic mass is 9.98. The quantitative estimate of drug-likeness (QED) is 0.0976. The van der Waals surface area contributed by atoms with Crippen molar-refractivity contribution in [2.45, 2.75) is 31.1 Å². The summed E-state index contributed by atoms with van der Waals surface area (Å²) in [6.07, 6.45) is 4.94. The van der Waals surface area contributed by atoms with E-state index in [-0.39, 0.29) is 35.8 Å². The van der Waals surface area contributed by atoms with Gasteiger partial charge in [-0.3, -0.25) is 14.5 Å². The van der Waals surface area contributed by atoms with Gasteiger partial charge in [0.25, 0.3) is 5.91 Å². The average molecular weight is 747 g/mol. The molecule has 6 rings (SSSR count). The summed E-state index contributed by atoms with van der Waals surface area (Å²) in [6.45, 7) is 2.87. The van der Waals surface area contributed by atoms with E-state index < -0.39 is 10.0 Å². The van der Waals surface area contributed by atoms with Gasteiger partial charge in [-0.2, -0.15) is 9.40 Å². The first-order valence-electron chi connectivity index (χ1n) is 16.5. The van der Waals surface area contributed by atoms with Crippen molar-refractivity contribution >= 4 is 56.3 Å². The summed E-state index contributed by atoms with van der Waals surface area (Å²) >= 11 is 6.86. The van der Waals surface area contributed by atoms with Crippen molar-refractivity contribution in [2.75, 3.05) is 40.5 Å². The second-order valence-corrected chi connectivity index (χ2v) is 15.6. The molecule has 1 aromatic heterocycles. The van der Waals surface area contributed by atoms with E-state index in [4.69, 9.17) is 31.5 Å². The number of hydrogen-bond acceptors (Lipinski definition) is 10. The third-order valence-corrected chi connectivity index (χ3v) is 12.1. The van der Waals surface area contributed by atoms with Gasteiger partial charge < -0.3 is 14.2 Å². The van der Waals surface area contributed by atoms with Crippen LogP contribution in [0.2, 0.25) is 0 Å². The van der Waals surface area contributed by atoms with Gasteiger partial charge in [-0.15, -0.1) is 0 Å². The van der Waals surface area contributed by atoms with E-state index in [9.17, 15) is 18.0 Å². The van der Waals surface area contributed by atoms with E-state index in [2.05, 4.69) is 0 Å². The minimum Gasteiger partial charge on any atom is -0.493 e. The van der Waals surface area contributed by atoms with Gasteiger partial charge in [-0.05, 0) is 74.2 Å². The van der Waals surface area contributed by atoms with Crippen LogP contribution in [0.15, 0.2) is 88.8 Å². The van der Waals surface area contributed by atoms with E-state index in [1.54, 1.807) is 61.1 Å². The van der Waals surface area contributed by atoms with Gasteiger partial charge in [0, 0.05) is 37.0 Å². The Kier molecular flexibility index (Phi) is 11.2. The number of piperidine rings is 1. The number of ether oxygens (including phenoxy) is 3. The zero-order valence-corrected chi connectivity index (χ0v) is 30.9. The molecule has 266 valence electrons. The molecule has 0 saturated carbocycles. The van der Waals surface area contributed by atoms with E-state index in [0.29, 0.717) is 70.0 Å². The fourth-order valence-corrected chi connectivity index (χ4v) is 8.90. The van der Waals surface area contributed by atoms with Crippen LogP contribution in [-0.2, 0) is 30.8 Å². The number of rotatable bonds is 12. The van der Waals surface area contributed by atoms with Crippen molar-refractivity contribution in [3.63, 3.8) is 0 Å². The summed E-state index contributed by atoms with van der Waals surface area (Å²) in [5, 5.41) is 4.87. The number of para-hydroxylation sites is 1. The zero-order chi connectivity index (χ0) is 36.1. The predicted octanol–water partition coefficient (Wildman–Crippen LogP) is 5.96. The molecule has 0 radical (unpaired) electrons. The Balaban J connectivity index is 1.27. The number of carbonyl (C=O) groups excluding carboxylic acids is 2. The van der Waals surface area contributed by atoms with Gasteiger partial charge in [-0.1, -0.05) is 60.4 Å². The lowest BCUT2D eigenvalue weighted by Gasteiger charge is -2.30. The van der Waals surface area contributed by atoms with Gasteiger partial charge in [0.15, 0.2) is 11.5 Å². The van der Waals surface area contributed by atoms with Crippen LogP contribution in [0.25, 0.3) is 23.0 Å². The Morgan fingerprint density at radius 2 is 1.75 bits per heavy atom. The molecule has 14 heteroatoms. The van der Waals surface area contributed by atoms with Crippen LogP contribution < -0.4 is 9.47 Å². The predicted molar refractivity (Wildman–Crippen MR) is 200 cm³/mol. The number of amides is 1. The number of carbonyl (C=O) groups is 2. The Morgan fingerprint density at radius 1 is 1.00 bits per heavy atom. The standard InChI is InChI=1S/C37H38N4O7S3/c1-4-48-36(43)26-16-18-39(19-17-26)51(44,45)30-12-8-9-27(22-30)34-28(24-41(38-34)29-10-6-5-7-11-29)23-33-35(42)40(37(49)50-33)20-15-25-13-14-31(46-2)32(21-25)47-3/h5-14,21-24,26H,4,15-20H2,1-3H3/b33-23-. The highest BCUT2D eigenvalue weighted by atomic mass is 32.2. The fraction of sp³-hybridized carbons (Fsp3) is 0.297. The summed E-state index contributed by atoms with van der Waals surface area (Å²) < 4.78 is 47.1. The Bertz CT molecular complexity index is 2070. The van der Waals surface area contributed by atoms with Crippen LogP contribution in [0.5, 0.6) is 11.5 Å². The van der Waals surface area contributed by atoms with Crippen molar-refractivity contribution in [3.8, 4) is 28.4 Å². The molecule has 2 aliphatic rings. The Hall–Kier alpha value is -4.50. The summed E-state index contributed by atoms with van der Waals surface area (Å²) in [4.78, 5) is 28.1. The molecule has 2 fully saturated rings. The molecule has 0 spiro atoms. The smallest absolute Gasteiger partial charge is 0.309 e. The molecule has 11 nitrogen and oxygen atoms in total. The molecular formula is C37H38N4O7S3. The summed E-state index contributed by atoms with van der Waals surface area (Å²) in [7, 11) is -0.701. The van der Waals surface area contributed by atoms with Gasteiger partial charge in [0.05, 0.1) is 42.2 Å². The number of esters is 1. The molecule has 0 unspecified atom stereocenters. The average Bonchev–Trinajstić information content (AvgIpc) is 3.70. The molecule has 2 aliphatic heterocycles. The van der Waals surface area contributed by atoms with Crippen molar-refractivity contribution in [1.82, 2.24) is 19.0 Å². The van der Waals surface area contributed by atoms with E-state index in [0.717, 1.165) is 11.3 Å². The molecule has 0 aliphatic carbocycles. The largest absolute Gasteiger partial charge is 0.493 e. The van der Waals surface area contributed by atoms with Crippen molar-refractivity contribution < 1.29 is 32.2 Å². The first-order valence-corrected chi connectivity index (χ1v) is 19.2. The molecule has 3 heterocycles. The van der Waals surface area contributed by atoms with Crippen LogP contribution in [-0.4, -0.2) is 84.1 Å². The van der Waals surface area contributed by atoms with Crippen LogP contribution in [0, 0.1) is 5.92 Å². The summed E-state index contributed by atoms with van der Waals surface area (Å²) in [6, 6.07) is 21.8. The normalized spacial score (nSPS) is 16.5. The van der Waals surface area contributed by atoms with E-state index >= 15 is 0 Å². The van der Waals surface area contributed by atoms with Gasteiger partial charge in [0.2, 0.25) is 10.0 Å². The minimum absolute atomic E-state index is 0.122. The summed E-state index contributed by atoms with van der Waals surface area (Å²) in [5.41, 5.74) is 3.48. The first kappa shape index (κ1) is 36.3. The van der Waals surface area contributed by atoms with Gasteiger partial charge >= 0.3 is 5.97 Å². The van der Waals surface area contributed by atoms with Crippen molar-refractivity contribution in [3.05, 3.63) is 95.0 Å². The van der Waals surface area contributed by atoms with Crippen molar-refractivity contribution in [1.29, 1.82) is 0 Å². The number of thiocarbonyl (C=S) groups is 1. The van der Waals surface area contributed by atoms with Crippen LogP contribution >= 0.6 is 24.0 Å².